The molecule has 11 heteroatoms. The van der Waals surface area contributed by atoms with Crippen LogP contribution in [0, 0.1) is 17.8 Å². The third-order valence-corrected chi connectivity index (χ3v) is 7.18. The molecule has 0 spiro atoms. The molecular formula is C27H29N5O5S. The monoisotopic (exact) mass is 535 g/mol. The molecule has 38 heavy (non-hydrogen) atoms. The summed E-state index contributed by atoms with van der Waals surface area (Å²) < 4.78 is 22.9. The Balaban J connectivity index is 1.44. The summed E-state index contributed by atoms with van der Waals surface area (Å²) in [5.74, 6) is 4.20. The molecule has 2 atom stereocenters. The number of nitrogens with zero attached hydrogens (tertiary/aromatic N) is 4. The van der Waals surface area contributed by atoms with E-state index in [1.807, 2.05) is 42.5 Å². The van der Waals surface area contributed by atoms with E-state index in [9.17, 15) is 23.5 Å². The lowest BCUT2D eigenvalue weighted by atomic mass is 10.1. The molecule has 1 aliphatic heterocycles. The number of rotatable bonds is 7. The summed E-state index contributed by atoms with van der Waals surface area (Å²) in [5, 5.41) is 12.8. The molecule has 2 aromatic carbocycles. The van der Waals surface area contributed by atoms with E-state index in [4.69, 9.17) is 5.73 Å². The smallest absolute Gasteiger partial charge is 0.323 e. The summed E-state index contributed by atoms with van der Waals surface area (Å²) in [6, 6.07) is 14.0. The maximum absolute atomic E-state index is 12.0. The van der Waals surface area contributed by atoms with Crippen molar-refractivity contribution in [2.45, 2.75) is 19.9 Å². The summed E-state index contributed by atoms with van der Waals surface area (Å²) in [7, 11) is 0. The molecule has 0 aliphatic carbocycles. The number of hydrogen-bond donors (Lipinski definition) is 3. The Bertz CT molecular complexity index is 1430. The zero-order chi connectivity index (χ0) is 27.4. The molecule has 4 N–H and O–H groups in total. The van der Waals surface area contributed by atoms with Crippen LogP contribution in [-0.4, -0.2) is 72.4 Å². The van der Waals surface area contributed by atoms with E-state index in [0.29, 0.717) is 31.6 Å². The van der Waals surface area contributed by atoms with E-state index in [-0.39, 0.29) is 11.6 Å². The number of carboxylic acids is 1. The average molecular weight is 536 g/mol. The number of pyridine rings is 1. The van der Waals surface area contributed by atoms with Crippen LogP contribution in [0.15, 0.2) is 54.7 Å². The molecule has 3 aromatic rings. The molecular weight excluding hydrogens is 506 g/mol. The van der Waals surface area contributed by atoms with Gasteiger partial charge in [-0.05, 0) is 53.8 Å². The van der Waals surface area contributed by atoms with Gasteiger partial charge in [0.15, 0.2) is 0 Å². The van der Waals surface area contributed by atoms with Crippen LogP contribution in [0.1, 0.15) is 35.5 Å². The van der Waals surface area contributed by atoms with Crippen LogP contribution in [0.25, 0.3) is 10.8 Å². The van der Waals surface area contributed by atoms with Gasteiger partial charge in [0.1, 0.15) is 11.7 Å². The van der Waals surface area contributed by atoms with Crippen LogP contribution >= 0.6 is 0 Å². The van der Waals surface area contributed by atoms with Crippen molar-refractivity contribution in [3.05, 3.63) is 71.5 Å². The fraction of sp³-hybridized carbons (Fsp3) is 0.296. The summed E-state index contributed by atoms with van der Waals surface area (Å²) in [6.07, 6.45) is 1.55. The molecule has 198 valence electrons. The van der Waals surface area contributed by atoms with Gasteiger partial charge in [0.25, 0.3) is 5.91 Å². The van der Waals surface area contributed by atoms with Gasteiger partial charge in [0, 0.05) is 54.6 Å². The Kier molecular flexibility index (Phi) is 8.38. The third-order valence-electron chi connectivity index (χ3n) is 6.40. The molecule has 1 aromatic heterocycles. The topological polar surface area (TPSA) is 140 Å². The first kappa shape index (κ1) is 27.2. The first-order chi connectivity index (χ1) is 18.2. The van der Waals surface area contributed by atoms with Gasteiger partial charge >= 0.3 is 5.97 Å². The molecule has 0 saturated carbocycles. The number of aromatic nitrogens is 1. The molecule has 4 rings (SSSR count). The highest BCUT2D eigenvalue weighted by Crippen LogP contribution is 2.22. The number of aliphatic carboxylic acids is 1. The third kappa shape index (κ3) is 6.00. The van der Waals surface area contributed by atoms with Gasteiger partial charge in [-0.15, -0.1) is 4.41 Å². The maximum atomic E-state index is 12.0. The lowest BCUT2D eigenvalue weighted by molar-refractivity contribution is -0.148. The van der Waals surface area contributed by atoms with E-state index in [0.717, 1.165) is 26.6 Å². The fourth-order valence-corrected chi connectivity index (χ4v) is 5.39. The Morgan fingerprint density at radius 1 is 1.03 bits per heavy atom. The normalized spacial score (nSPS) is 15.8. The van der Waals surface area contributed by atoms with E-state index in [1.54, 1.807) is 31.1 Å². The van der Waals surface area contributed by atoms with Crippen LogP contribution < -0.4 is 10.6 Å². The largest absolute Gasteiger partial charge is 0.480 e. The fourth-order valence-electron chi connectivity index (χ4n) is 4.50. The predicted octanol–water partition coefficient (Wildman–Crippen LogP) is 2.32. The minimum Gasteiger partial charge on any atom is -0.480 e. The number of amides is 1. The summed E-state index contributed by atoms with van der Waals surface area (Å²) in [6.45, 7) is 5.39. The van der Waals surface area contributed by atoms with Crippen molar-refractivity contribution in [3.63, 3.8) is 0 Å². The molecule has 1 fully saturated rings. The first-order valence-electron chi connectivity index (χ1n) is 12.1. The molecule has 2 heterocycles. The van der Waals surface area contributed by atoms with Gasteiger partial charge in [-0.2, -0.15) is 0 Å². The van der Waals surface area contributed by atoms with Crippen molar-refractivity contribution < 1.29 is 23.5 Å². The summed E-state index contributed by atoms with van der Waals surface area (Å²) in [4.78, 5) is 29.7. The second-order valence-electron chi connectivity index (χ2n) is 9.26. The number of fused-ring (bicyclic) bond motifs is 1. The highest BCUT2D eigenvalue weighted by Gasteiger charge is 2.38. The Morgan fingerprint density at radius 3 is 2.24 bits per heavy atom. The standard InChI is InChI=1S/C27H29N5O5S/c1-18(2)25(27(34)35)32(38(36)37)31-15-13-30(14-16-31)22-9-6-19(7-10-22)3-4-20-5-8-21-11-12-29-24(26(28)33)23(21)17-20/h5-12,17-18,25H,13-16H2,1-2H3,(H2,28,33)(H,34,35)(H,36,37). The summed E-state index contributed by atoms with van der Waals surface area (Å²) >= 11 is -2.44. The second-order valence-corrected chi connectivity index (χ2v) is 10.1. The molecule has 1 saturated heterocycles. The van der Waals surface area contributed by atoms with Crippen molar-refractivity contribution >= 4 is 39.6 Å². The molecule has 0 bridgehead atoms. The van der Waals surface area contributed by atoms with Gasteiger partial charge < -0.3 is 15.7 Å². The van der Waals surface area contributed by atoms with E-state index in [1.165, 1.54) is 0 Å². The molecule has 1 amide bonds. The van der Waals surface area contributed by atoms with Gasteiger partial charge in [-0.1, -0.05) is 31.8 Å². The van der Waals surface area contributed by atoms with Gasteiger partial charge in [-0.3, -0.25) is 19.1 Å². The van der Waals surface area contributed by atoms with Crippen molar-refractivity contribution in [2.75, 3.05) is 31.1 Å². The van der Waals surface area contributed by atoms with Crippen LogP contribution in [0.3, 0.4) is 0 Å². The zero-order valence-corrected chi connectivity index (χ0v) is 21.9. The number of anilines is 1. The highest BCUT2D eigenvalue weighted by atomic mass is 32.2. The number of carbonyl (C=O) groups excluding carboxylic acids is 1. The van der Waals surface area contributed by atoms with Crippen LogP contribution in [0.4, 0.5) is 5.69 Å². The van der Waals surface area contributed by atoms with E-state index < -0.39 is 29.2 Å². The first-order valence-corrected chi connectivity index (χ1v) is 13.2. The minimum absolute atomic E-state index is 0.214. The predicted molar refractivity (Wildman–Crippen MR) is 145 cm³/mol. The van der Waals surface area contributed by atoms with E-state index in [2.05, 4.69) is 21.7 Å². The van der Waals surface area contributed by atoms with Crippen LogP contribution in [0.5, 0.6) is 0 Å². The number of carboxylic acid groups (broad SMARTS) is 1. The summed E-state index contributed by atoms with van der Waals surface area (Å²) in [5.41, 5.74) is 8.20. The quantitative estimate of drug-likeness (QED) is 0.309. The molecule has 10 nitrogen and oxygen atoms in total. The van der Waals surface area contributed by atoms with Crippen LogP contribution in [-0.2, 0) is 16.1 Å². The Hall–Kier alpha value is -3.82. The number of nitrogens with two attached hydrogens (primary N) is 1. The van der Waals surface area contributed by atoms with Crippen molar-refractivity contribution in [3.8, 4) is 11.8 Å². The molecule has 2 unspecified atom stereocenters. The number of hydrazine groups is 1. The minimum atomic E-state index is -2.44. The van der Waals surface area contributed by atoms with E-state index >= 15 is 0 Å². The van der Waals surface area contributed by atoms with Crippen molar-refractivity contribution in [1.82, 2.24) is 14.4 Å². The van der Waals surface area contributed by atoms with Gasteiger partial charge in [-0.25, -0.2) is 9.22 Å². The lowest BCUT2D eigenvalue weighted by Gasteiger charge is -2.42. The van der Waals surface area contributed by atoms with Gasteiger partial charge in [0.05, 0.1) is 0 Å². The Labute approximate surface area is 223 Å². The number of benzene rings is 2. The van der Waals surface area contributed by atoms with Crippen molar-refractivity contribution in [2.24, 2.45) is 11.7 Å². The lowest BCUT2D eigenvalue weighted by Crippen LogP contribution is -2.60. The number of carbonyl (C=O) groups is 2. The average Bonchev–Trinajstić information content (AvgIpc) is 2.89. The highest BCUT2D eigenvalue weighted by molar-refractivity contribution is 7.76. The number of piperazine rings is 1. The SMILES string of the molecule is CC(C)C(C(=O)O)N(N1CCN(c2ccc(C#Cc3ccc4ccnc(C(N)=O)c4c3)cc2)CC1)S(=O)O. The number of hydrogen-bond acceptors (Lipinski definition) is 6. The molecule has 1 aliphatic rings. The van der Waals surface area contributed by atoms with Crippen molar-refractivity contribution in [1.29, 1.82) is 0 Å². The van der Waals surface area contributed by atoms with Gasteiger partial charge in [0.2, 0.25) is 11.3 Å². The molecule has 0 radical (unpaired) electrons. The maximum Gasteiger partial charge on any atom is 0.323 e. The zero-order valence-electron chi connectivity index (χ0n) is 21.1. The second kappa shape index (κ2) is 11.7. The van der Waals surface area contributed by atoms with Crippen LogP contribution in [0.2, 0.25) is 0 Å². The number of primary amides is 1. The Morgan fingerprint density at radius 2 is 1.66 bits per heavy atom.